The molecule has 13 heavy (non-hydrogen) atoms. The summed E-state index contributed by atoms with van der Waals surface area (Å²) in [5, 5.41) is 0.588. The predicted molar refractivity (Wildman–Crippen MR) is 52.2 cm³/mol. The van der Waals surface area contributed by atoms with Gasteiger partial charge < -0.3 is 0 Å². The number of benzene rings is 1. The molecule has 0 saturated heterocycles. The predicted octanol–water partition coefficient (Wildman–Crippen LogP) is 3.51. The zero-order chi connectivity index (χ0) is 9.42. The first-order valence-electron chi connectivity index (χ1n) is 3.55. The van der Waals surface area contributed by atoms with Gasteiger partial charge in [-0.05, 0) is 18.2 Å². The summed E-state index contributed by atoms with van der Waals surface area (Å²) in [7, 11) is 0. The molecule has 0 atom stereocenters. The third-order valence-electron chi connectivity index (χ3n) is 1.76. The third-order valence-corrected chi connectivity index (χ3v) is 3.17. The highest BCUT2D eigenvalue weighted by Crippen LogP contribution is 2.34. The number of fused-ring (bicyclic) bond motifs is 1. The number of aldehydes is 1. The van der Waals surface area contributed by atoms with Crippen LogP contribution in [0.2, 0.25) is 4.34 Å². The topological polar surface area (TPSA) is 17.1 Å². The van der Waals surface area contributed by atoms with Crippen molar-refractivity contribution in [1.82, 2.24) is 0 Å². The number of rotatable bonds is 1. The van der Waals surface area contributed by atoms with Crippen LogP contribution in [0.5, 0.6) is 0 Å². The van der Waals surface area contributed by atoms with Crippen LogP contribution in [0.1, 0.15) is 10.4 Å². The molecule has 0 bridgehead atoms. The summed E-state index contributed by atoms with van der Waals surface area (Å²) >= 11 is 7.06. The van der Waals surface area contributed by atoms with Crippen LogP contribution in [0, 0.1) is 5.82 Å². The van der Waals surface area contributed by atoms with Gasteiger partial charge in [-0.2, -0.15) is 0 Å². The number of hydrogen-bond acceptors (Lipinski definition) is 2. The highest BCUT2D eigenvalue weighted by atomic mass is 35.5. The van der Waals surface area contributed by atoms with Crippen LogP contribution in [-0.4, -0.2) is 6.29 Å². The summed E-state index contributed by atoms with van der Waals surface area (Å²) in [6.07, 6.45) is 0.653. The smallest absolute Gasteiger partial charge is 0.153 e. The first kappa shape index (κ1) is 8.66. The molecule has 0 aliphatic heterocycles. The summed E-state index contributed by atoms with van der Waals surface area (Å²) < 4.78 is 14.0. The van der Waals surface area contributed by atoms with E-state index in [2.05, 4.69) is 0 Å². The summed E-state index contributed by atoms with van der Waals surface area (Å²) in [4.78, 5) is 10.6. The molecular weight excluding hydrogens is 211 g/mol. The number of carbonyl (C=O) groups excluding carboxylic acids is 1. The van der Waals surface area contributed by atoms with Crippen LogP contribution in [0.4, 0.5) is 4.39 Å². The lowest BCUT2D eigenvalue weighted by Crippen LogP contribution is -1.77. The molecule has 0 aliphatic rings. The molecule has 0 radical (unpaired) electrons. The molecule has 0 spiro atoms. The minimum Gasteiger partial charge on any atom is -0.298 e. The van der Waals surface area contributed by atoms with Gasteiger partial charge in [0.05, 0.1) is 5.56 Å². The van der Waals surface area contributed by atoms with Gasteiger partial charge in [-0.25, -0.2) is 4.39 Å². The van der Waals surface area contributed by atoms with Gasteiger partial charge in [-0.15, -0.1) is 11.3 Å². The molecule has 1 aromatic carbocycles. The molecule has 0 aliphatic carbocycles. The molecule has 2 rings (SSSR count). The van der Waals surface area contributed by atoms with Crippen molar-refractivity contribution in [3.8, 4) is 0 Å². The van der Waals surface area contributed by atoms with Crippen molar-refractivity contribution in [2.45, 2.75) is 0 Å². The third kappa shape index (κ3) is 1.34. The Morgan fingerprint density at radius 3 is 2.92 bits per heavy atom. The van der Waals surface area contributed by atoms with E-state index in [4.69, 9.17) is 11.6 Å². The Bertz CT molecular complexity index is 478. The van der Waals surface area contributed by atoms with E-state index in [0.29, 0.717) is 21.6 Å². The van der Waals surface area contributed by atoms with Crippen molar-refractivity contribution in [3.05, 3.63) is 33.9 Å². The second kappa shape index (κ2) is 3.09. The zero-order valence-electron chi connectivity index (χ0n) is 6.38. The Kier molecular flexibility index (Phi) is 2.06. The van der Waals surface area contributed by atoms with Crippen molar-refractivity contribution in [3.63, 3.8) is 0 Å². The maximum atomic E-state index is 12.8. The summed E-state index contributed by atoms with van der Waals surface area (Å²) in [6.45, 7) is 0. The molecule has 0 fully saturated rings. The van der Waals surface area contributed by atoms with E-state index >= 15 is 0 Å². The molecule has 0 unspecified atom stereocenters. The fourth-order valence-electron chi connectivity index (χ4n) is 1.17. The standard InChI is InChI=1S/C9H4ClFOS/c10-9-7(4-12)6-3-5(11)1-2-8(6)13-9/h1-4H. The lowest BCUT2D eigenvalue weighted by atomic mass is 10.2. The van der Waals surface area contributed by atoms with Gasteiger partial charge >= 0.3 is 0 Å². The van der Waals surface area contributed by atoms with E-state index in [9.17, 15) is 9.18 Å². The first-order valence-corrected chi connectivity index (χ1v) is 4.74. The van der Waals surface area contributed by atoms with Crippen molar-refractivity contribution in [2.24, 2.45) is 0 Å². The number of halogens is 2. The molecular formula is C9H4ClFOS. The lowest BCUT2D eigenvalue weighted by Gasteiger charge is -1.90. The van der Waals surface area contributed by atoms with Crippen molar-refractivity contribution in [2.75, 3.05) is 0 Å². The second-order valence-electron chi connectivity index (χ2n) is 2.55. The van der Waals surface area contributed by atoms with Gasteiger partial charge in [0.1, 0.15) is 10.2 Å². The van der Waals surface area contributed by atoms with Gasteiger partial charge in [-0.1, -0.05) is 11.6 Å². The quantitative estimate of drug-likeness (QED) is 0.664. The Balaban J connectivity index is 2.88. The van der Waals surface area contributed by atoms with Gasteiger partial charge in [0.25, 0.3) is 0 Å². The van der Waals surface area contributed by atoms with Gasteiger partial charge in [0.15, 0.2) is 6.29 Å². The van der Waals surface area contributed by atoms with E-state index in [0.717, 1.165) is 4.70 Å². The van der Waals surface area contributed by atoms with E-state index in [1.165, 1.54) is 23.5 Å². The van der Waals surface area contributed by atoms with Crippen molar-refractivity contribution < 1.29 is 9.18 Å². The highest BCUT2D eigenvalue weighted by Gasteiger charge is 2.09. The molecule has 1 heterocycles. The average molecular weight is 215 g/mol. The van der Waals surface area contributed by atoms with Crippen LogP contribution in [0.15, 0.2) is 18.2 Å². The first-order chi connectivity index (χ1) is 6.22. The van der Waals surface area contributed by atoms with Gasteiger partial charge in [0.2, 0.25) is 0 Å². The molecule has 66 valence electrons. The number of thiophene rings is 1. The van der Waals surface area contributed by atoms with Gasteiger partial charge in [0, 0.05) is 10.1 Å². The SMILES string of the molecule is O=Cc1c(Cl)sc2ccc(F)cc12. The van der Waals surface area contributed by atoms with Crippen molar-refractivity contribution in [1.29, 1.82) is 0 Å². The van der Waals surface area contributed by atoms with Crippen molar-refractivity contribution >= 4 is 39.3 Å². The zero-order valence-corrected chi connectivity index (χ0v) is 7.95. The summed E-state index contributed by atoms with van der Waals surface area (Å²) in [5.74, 6) is -0.356. The summed E-state index contributed by atoms with van der Waals surface area (Å²) in [6, 6.07) is 4.29. The van der Waals surface area contributed by atoms with E-state index in [1.54, 1.807) is 6.07 Å². The maximum Gasteiger partial charge on any atom is 0.153 e. The minimum atomic E-state index is -0.356. The maximum absolute atomic E-state index is 12.8. The molecule has 4 heteroatoms. The van der Waals surface area contributed by atoms with Gasteiger partial charge in [-0.3, -0.25) is 4.79 Å². The normalized spacial score (nSPS) is 10.6. The number of hydrogen-bond donors (Lipinski definition) is 0. The average Bonchev–Trinajstić information content (AvgIpc) is 2.40. The largest absolute Gasteiger partial charge is 0.298 e. The van der Waals surface area contributed by atoms with Crippen LogP contribution in [0.25, 0.3) is 10.1 Å². The Hall–Kier alpha value is -0.930. The van der Waals surface area contributed by atoms with Crippen LogP contribution in [0.3, 0.4) is 0 Å². The fraction of sp³-hybridized carbons (Fsp3) is 0. The second-order valence-corrected chi connectivity index (χ2v) is 4.20. The van der Waals surface area contributed by atoms with Crippen LogP contribution in [-0.2, 0) is 0 Å². The summed E-state index contributed by atoms with van der Waals surface area (Å²) in [5.41, 5.74) is 0.376. The van der Waals surface area contributed by atoms with E-state index in [1.807, 2.05) is 0 Å². The fourth-order valence-corrected chi connectivity index (χ4v) is 2.44. The molecule has 1 aromatic heterocycles. The minimum absolute atomic E-state index is 0.356. The van der Waals surface area contributed by atoms with Crippen LogP contribution < -0.4 is 0 Å². The Morgan fingerprint density at radius 1 is 1.46 bits per heavy atom. The lowest BCUT2D eigenvalue weighted by molar-refractivity contribution is 0.112. The highest BCUT2D eigenvalue weighted by molar-refractivity contribution is 7.23. The van der Waals surface area contributed by atoms with Crippen LogP contribution >= 0.6 is 22.9 Å². The molecule has 2 aromatic rings. The molecule has 0 saturated carbocycles. The number of carbonyl (C=O) groups is 1. The Labute approximate surface area is 82.7 Å². The molecule has 1 nitrogen and oxygen atoms in total. The molecule has 0 amide bonds. The Morgan fingerprint density at radius 2 is 2.23 bits per heavy atom. The molecule has 0 N–H and O–H groups in total. The monoisotopic (exact) mass is 214 g/mol. The van der Waals surface area contributed by atoms with E-state index in [-0.39, 0.29) is 5.82 Å². The van der Waals surface area contributed by atoms with E-state index < -0.39 is 0 Å².